The lowest BCUT2D eigenvalue weighted by Crippen LogP contribution is -2.00. The third-order valence-electron chi connectivity index (χ3n) is 3.21. The Hall–Kier alpha value is -1.09. The number of thiophene rings is 1. The van der Waals surface area contributed by atoms with Gasteiger partial charge in [0.05, 0.1) is 5.39 Å². The van der Waals surface area contributed by atoms with E-state index in [9.17, 15) is 4.79 Å². The molecule has 0 amide bonds. The van der Waals surface area contributed by atoms with Gasteiger partial charge >= 0.3 is 5.63 Å². The first-order chi connectivity index (χ1) is 8.81. The lowest BCUT2D eigenvalue weighted by Gasteiger charge is -2.01. The molecule has 2 heterocycles. The molecule has 0 spiro atoms. The number of unbranched alkanes of at least 4 members (excludes halogenated alkanes) is 5. The van der Waals surface area contributed by atoms with Crippen molar-refractivity contribution in [1.82, 2.24) is 0 Å². The van der Waals surface area contributed by atoms with E-state index in [-0.39, 0.29) is 5.63 Å². The second-order valence-corrected chi connectivity index (χ2v) is 5.66. The van der Waals surface area contributed by atoms with Crippen molar-refractivity contribution in [2.75, 3.05) is 0 Å². The van der Waals surface area contributed by atoms with Crippen LogP contribution >= 0.6 is 11.3 Å². The quantitative estimate of drug-likeness (QED) is 0.675. The lowest BCUT2D eigenvalue weighted by molar-refractivity contribution is 0.455. The molecule has 0 radical (unpaired) electrons. The van der Waals surface area contributed by atoms with Gasteiger partial charge in [0.2, 0.25) is 0 Å². The van der Waals surface area contributed by atoms with E-state index in [2.05, 4.69) is 6.92 Å². The van der Waals surface area contributed by atoms with Gasteiger partial charge in [0.15, 0.2) is 0 Å². The van der Waals surface area contributed by atoms with Crippen molar-refractivity contribution in [1.29, 1.82) is 0 Å². The van der Waals surface area contributed by atoms with Gasteiger partial charge in [-0.15, -0.1) is 11.3 Å². The number of rotatable bonds is 7. The normalized spacial score (nSPS) is 11.2. The first-order valence-electron chi connectivity index (χ1n) is 6.81. The summed E-state index contributed by atoms with van der Waals surface area (Å²) in [6, 6.07) is 3.85. The summed E-state index contributed by atoms with van der Waals surface area (Å²) in [5.41, 5.74) is -0.185. The van der Waals surface area contributed by atoms with Crippen molar-refractivity contribution in [3.8, 4) is 0 Å². The van der Waals surface area contributed by atoms with E-state index in [1.807, 2.05) is 17.5 Å². The SMILES string of the molecule is CCCCCCCCc1cc2sccc2c(=O)o1. The molecule has 3 heteroatoms. The molecule has 0 bridgehead atoms. The Morgan fingerprint density at radius 2 is 1.94 bits per heavy atom. The van der Waals surface area contributed by atoms with Crippen LogP contribution in [0.4, 0.5) is 0 Å². The summed E-state index contributed by atoms with van der Waals surface area (Å²) in [4.78, 5) is 11.7. The van der Waals surface area contributed by atoms with Crippen molar-refractivity contribution in [3.63, 3.8) is 0 Å². The van der Waals surface area contributed by atoms with Crippen LogP contribution in [-0.2, 0) is 6.42 Å². The molecule has 0 aliphatic carbocycles. The van der Waals surface area contributed by atoms with Crippen LogP contribution in [0.3, 0.4) is 0 Å². The molecule has 18 heavy (non-hydrogen) atoms. The van der Waals surface area contributed by atoms with Gasteiger partial charge in [-0.1, -0.05) is 39.0 Å². The maximum Gasteiger partial charge on any atom is 0.344 e. The predicted molar refractivity (Wildman–Crippen MR) is 77.4 cm³/mol. The smallest absolute Gasteiger partial charge is 0.344 e. The minimum absolute atomic E-state index is 0.185. The van der Waals surface area contributed by atoms with Crippen LogP contribution in [0.25, 0.3) is 10.1 Å². The standard InChI is InChI=1S/C15H20O2S/c1-2-3-4-5-6-7-8-12-11-14-13(9-10-18-14)15(16)17-12/h9-11H,2-8H2,1H3. The zero-order valence-corrected chi connectivity index (χ0v) is 11.7. The highest BCUT2D eigenvalue weighted by molar-refractivity contribution is 7.17. The van der Waals surface area contributed by atoms with Crippen LogP contribution in [0, 0.1) is 0 Å². The number of hydrogen-bond donors (Lipinski definition) is 0. The third-order valence-corrected chi connectivity index (χ3v) is 4.07. The van der Waals surface area contributed by atoms with Gasteiger partial charge in [-0.25, -0.2) is 4.79 Å². The molecule has 0 fully saturated rings. The molecular formula is C15H20O2S. The average molecular weight is 264 g/mol. The summed E-state index contributed by atoms with van der Waals surface area (Å²) in [6.45, 7) is 2.23. The Bertz CT molecular complexity index is 539. The molecular weight excluding hydrogens is 244 g/mol. The molecule has 0 aliphatic heterocycles. The van der Waals surface area contributed by atoms with Gasteiger partial charge in [0, 0.05) is 11.1 Å². The molecule has 0 N–H and O–H groups in total. The molecule has 0 aliphatic rings. The molecule has 0 saturated carbocycles. The predicted octanol–water partition coefficient (Wildman–Crippen LogP) is 4.76. The number of fused-ring (bicyclic) bond motifs is 1. The van der Waals surface area contributed by atoms with E-state index in [0.717, 1.165) is 23.3 Å². The Kier molecular flexibility index (Phi) is 5.00. The van der Waals surface area contributed by atoms with Crippen LogP contribution in [0.2, 0.25) is 0 Å². The summed E-state index contributed by atoms with van der Waals surface area (Å²) in [5.74, 6) is 0.838. The Morgan fingerprint density at radius 3 is 2.78 bits per heavy atom. The fourth-order valence-electron chi connectivity index (χ4n) is 2.15. The highest BCUT2D eigenvalue weighted by atomic mass is 32.1. The Balaban J connectivity index is 1.86. The van der Waals surface area contributed by atoms with Gasteiger partial charge < -0.3 is 4.42 Å². The summed E-state index contributed by atoms with van der Waals surface area (Å²) in [5, 5.41) is 2.66. The molecule has 0 atom stereocenters. The van der Waals surface area contributed by atoms with E-state index in [1.54, 1.807) is 11.3 Å². The molecule has 0 aromatic carbocycles. The van der Waals surface area contributed by atoms with Crippen LogP contribution in [0.5, 0.6) is 0 Å². The molecule has 2 nitrogen and oxygen atoms in total. The monoisotopic (exact) mass is 264 g/mol. The van der Waals surface area contributed by atoms with Crippen molar-refractivity contribution in [2.45, 2.75) is 51.9 Å². The van der Waals surface area contributed by atoms with Crippen molar-refractivity contribution in [2.24, 2.45) is 0 Å². The van der Waals surface area contributed by atoms with E-state index < -0.39 is 0 Å². The lowest BCUT2D eigenvalue weighted by atomic mass is 10.1. The molecule has 2 aromatic heterocycles. The maximum absolute atomic E-state index is 11.7. The minimum atomic E-state index is -0.185. The zero-order valence-electron chi connectivity index (χ0n) is 10.9. The second kappa shape index (κ2) is 6.74. The first-order valence-corrected chi connectivity index (χ1v) is 7.69. The van der Waals surface area contributed by atoms with E-state index in [4.69, 9.17) is 4.42 Å². The van der Waals surface area contributed by atoms with Gasteiger partial charge in [-0.05, 0) is 23.9 Å². The number of aryl methyl sites for hydroxylation is 1. The molecule has 0 unspecified atom stereocenters. The first kappa shape index (κ1) is 13.3. The summed E-state index contributed by atoms with van der Waals surface area (Å²) < 4.78 is 6.38. The molecule has 2 rings (SSSR count). The van der Waals surface area contributed by atoms with E-state index in [0.29, 0.717) is 5.39 Å². The van der Waals surface area contributed by atoms with E-state index >= 15 is 0 Å². The summed E-state index contributed by atoms with van der Waals surface area (Å²) >= 11 is 1.61. The average Bonchev–Trinajstić information content (AvgIpc) is 2.82. The zero-order chi connectivity index (χ0) is 12.8. The van der Waals surface area contributed by atoms with Crippen LogP contribution in [-0.4, -0.2) is 0 Å². The van der Waals surface area contributed by atoms with Crippen LogP contribution in [0.1, 0.15) is 51.2 Å². The van der Waals surface area contributed by atoms with Gasteiger partial charge in [0.1, 0.15) is 5.76 Å². The summed E-state index contributed by atoms with van der Waals surface area (Å²) in [6.07, 6.45) is 8.45. The van der Waals surface area contributed by atoms with E-state index in [1.165, 1.54) is 32.1 Å². The highest BCUT2D eigenvalue weighted by Gasteiger charge is 2.05. The van der Waals surface area contributed by atoms with Gasteiger partial charge in [-0.2, -0.15) is 0 Å². The van der Waals surface area contributed by atoms with Crippen molar-refractivity contribution >= 4 is 21.4 Å². The fraction of sp³-hybridized carbons (Fsp3) is 0.533. The number of hydrogen-bond acceptors (Lipinski definition) is 3. The largest absolute Gasteiger partial charge is 0.427 e. The van der Waals surface area contributed by atoms with Gasteiger partial charge in [0.25, 0.3) is 0 Å². The Labute approximate surface area is 112 Å². The fourth-order valence-corrected chi connectivity index (χ4v) is 2.98. The maximum atomic E-state index is 11.7. The van der Waals surface area contributed by atoms with Crippen LogP contribution in [0.15, 0.2) is 26.7 Å². The minimum Gasteiger partial charge on any atom is -0.427 e. The summed E-state index contributed by atoms with van der Waals surface area (Å²) in [7, 11) is 0. The van der Waals surface area contributed by atoms with Crippen molar-refractivity contribution in [3.05, 3.63) is 33.7 Å². The van der Waals surface area contributed by atoms with Gasteiger partial charge in [-0.3, -0.25) is 0 Å². The van der Waals surface area contributed by atoms with Crippen molar-refractivity contribution < 1.29 is 4.42 Å². The topological polar surface area (TPSA) is 30.2 Å². The highest BCUT2D eigenvalue weighted by Crippen LogP contribution is 2.19. The molecule has 2 aromatic rings. The molecule has 0 saturated heterocycles. The molecule has 98 valence electrons. The Morgan fingerprint density at radius 1 is 1.17 bits per heavy atom. The second-order valence-electron chi connectivity index (χ2n) is 4.72. The third kappa shape index (κ3) is 3.45. The van der Waals surface area contributed by atoms with Crippen LogP contribution < -0.4 is 5.63 Å².